The van der Waals surface area contributed by atoms with Gasteiger partial charge in [-0.2, -0.15) is 11.0 Å². The Balaban J connectivity index is 1.39. The van der Waals surface area contributed by atoms with Gasteiger partial charge in [0.1, 0.15) is 5.75 Å². The van der Waals surface area contributed by atoms with E-state index < -0.39 is 0 Å². The lowest BCUT2D eigenvalue weighted by Gasteiger charge is -2.49. The predicted molar refractivity (Wildman–Crippen MR) is 132 cm³/mol. The van der Waals surface area contributed by atoms with Gasteiger partial charge in [-0.3, -0.25) is 9.89 Å². The number of rotatable bonds is 9. The van der Waals surface area contributed by atoms with Crippen LogP contribution in [0, 0.1) is 11.8 Å². The lowest BCUT2D eigenvalue weighted by molar-refractivity contribution is -0.199. The Kier molecular flexibility index (Phi) is 7.09. The minimum absolute atomic E-state index is 0.0267. The van der Waals surface area contributed by atoms with E-state index in [0.29, 0.717) is 36.6 Å². The second kappa shape index (κ2) is 10.1. The van der Waals surface area contributed by atoms with Crippen molar-refractivity contribution in [2.45, 2.75) is 63.7 Å². The Hall–Kier alpha value is -2.11. The van der Waals surface area contributed by atoms with Gasteiger partial charge in [0, 0.05) is 30.3 Å². The first-order chi connectivity index (χ1) is 17.0. The van der Waals surface area contributed by atoms with Crippen molar-refractivity contribution in [3.05, 3.63) is 45.8 Å². The first-order valence-electron chi connectivity index (χ1n) is 12.4. The van der Waals surface area contributed by atoms with Crippen LogP contribution >= 0.6 is 12.3 Å². The van der Waals surface area contributed by atoms with Crippen LogP contribution in [0.2, 0.25) is 0 Å². The number of carbonyl (C=O) groups is 1. The molecule has 1 heterocycles. The zero-order valence-corrected chi connectivity index (χ0v) is 21.3. The average Bonchev–Trinajstić information content (AvgIpc) is 3.41. The normalized spacial score (nSPS) is 26.5. The number of carbonyl (C=O) groups excluding carboxylic acids is 1. The second-order valence-electron chi connectivity index (χ2n) is 10.1. The molecular weight excluding hydrogens is 468 g/mol. The quantitative estimate of drug-likeness (QED) is 0.206. The maximum atomic E-state index is 12.8. The van der Waals surface area contributed by atoms with Gasteiger partial charge in [0.25, 0.3) is 18.2 Å². The molecule has 4 N–H and O–H groups in total. The number of methoxy groups -OCH3 is 1. The molecule has 190 valence electrons. The third-order valence-corrected chi connectivity index (χ3v) is 8.92. The number of fused-ring (bicyclic) bond motifs is 7. The smallest absolute Gasteiger partial charge is 0.272 e. The summed E-state index contributed by atoms with van der Waals surface area (Å²) in [6, 6.07) is 4.49. The minimum atomic E-state index is -0.116. The zero-order valence-electron chi connectivity index (χ0n) is 20.5. The molecule has 9 nitrogen and oxygen atoms in total. The standard InChI is InChI=1S/C25H34N4O5S/c1-4-14-11-18-15(12-21(14)32-35-34-33-26)5-6-17-16(18)7-8-25(2)20(17)13-19-22(28-29-23(19)25)24(30)27-9-10-31-3/h11-12,16-17,20H,4-10,13,26H2,1-3H3,(H,27,30)(H,28,29)/t16?,17?,20?,25-/m0/s1. The zero-order chi connectivity index (χ0) is 24.6. The summed E-state index contributed by atoms with van der Waals surface area (Å²) in [5, 5.41) is 10.6. The van der Waals surface area contributed by atoms with E-state index in [1.807, 2.05) is 0 Å². The van der Waals surface area contributed by atoms with E-state index in [1.54, 1.807) is 7.11 Å². The van der Waals surface area contributed by atoms with E-state index in [2.05, 4.69) is 50.8 Å². The number of ether oxygens (including phenoxy) is 1. The number of aryl methyl sites for hydroxylation is 2. The van der Waals surface area contributed by atoms with E-state index in [9.17, 15) is 4.79 Å². The number of nitrogens with one attached hydrogen (secondary N) is 2. The summed E-state index contributed by atoms with van der Waals surface area (Å²) < 4.78 is 15.4. The highest BCUT2D eigenvalue weighted by atomic mass is 32.2. The van der Waals surface area contributed by atoms with Crippen LogP contribution in [0.1, 0.15) is 77.5 Å². The first-order valence-corrected chi connectivity index (χ1v) is 13.1. The fourth-order valence-corrected chi connectivity index (χ4v) is 7.16. The summed E-state index contributed by atoms with van der Waals surface area (Å²) in [6.07, 6.45) is 6.12. The van der Waals surface area contributed by atoms with Crippen LogP contribution in [-0.2, 0) is 38.7 Å². The average molecular weight is 503 g/mol. The van der Waals surface area contributed by atoms with Crippen LogP contribution in [-0.4, -0.2) is 36.4 Å². The summed E-state index contributed by atoms with van der Waals surface area (Å²) in [4.78, 5) is 16.9. The van der Waals surface area contributed by atoms with Gasteiger partial charge in [0.05, 0.1) is 6.61 Å². The van der Waals surface area contributed by atoms with Gasteiger partial charge in [0.2, 0.25) is 0 Å². The van der Waals surface area contributed by atoms with Crippen LogP contribution < -0.4 is 15.4 Å². The van der Waals surface area contributed by atoms with Crippen molar-refractivity contribution >= 4 is 18.2 Å². The first kappa shape index (κ1) is 24.6. The van der Waals surface area contributed by atoms with Crippen molar-refractivity contribution < 1.29 is 23.0 Å². The molecule has 1 aromatic heterocycles. The number of benzene rings is 1. The maximum absolute atomic E-state index is 12.8. The van der Waals surface area contributed by atoms with Crippen LogP contribution in [0.4, 0.5) is 0 Å². The molecule has 0 saturated heterocycles. The van der Waals surface area contributed by atoms with Crippen molar-refractivity contribution in [2.24, 2.45) is 17.7 Å². The van der Waals surface area contributed by atoms with Crippen LogP contribution in [0.15, 0.2) is 12.1 Å². The van der Waals surface area contributed by atoms with Gasteiger partial charge in [-0.05, 0) is 79.0 Å². The minimum Gasteiger partial charge on any atom is -0.398 e. The summed E-state index contributed by atoms with van der Waals surface area (Å²) in [7, 11) is 1.63. The Morgan fingerprint density at radius 1 is 1.37 bits per heavy atom. The Bertz CT molecular complexity index is 1090. The third kappa shape index (κ3) is 4.25. The lowest BCUT2D eigenvalue weighted by Crippen LogP contribution is -2.43. The summed E-state index contributed by atoms with van der Waals surface area (Å²) >= 11 is 0.729. The Morgan fingerprint density at radius 2 is 2.23 bits per heavy atom. The Labute approximate surface area is 210 Å². The van der Waals surface area contributed by atoms with Crippen molar-refractivity contribution in [3.63, 3.8) is 0 Å². The van der Waals surface area contributed by atoms with Gasteiger partial charge in [-0.25, -0.2) is 0 Å². The van der Waals surface area contributed by atoms with Crippen molar-refractivity contribution in [2.75, 3.05) is 20.3 Å². The number of H-pyrrole nitrogens is 1. The Morgan fingerprint density at radius 3 is 3.00 bits per heavy atom. The van der Waals surface area contributed by atoms with Gasteiger partial charge in [-0.1, -0.05) is 19.9 Å². The van der Waals surface area contributed by atoms with Crippen LogP contribution in [0.25, 0.3) is 0 Å². The molecule has 35 heavy (non-hydrogen) atoms. The second-order valence-corrected chi connectivity index (χ2v) is 10.5. The molecule has 3 aliphatic carbocycles. The van der Waals surface area contributed by atoms with E-state index in [-0.39, 0.29) is 11.3 Å². The highest BCUT2D eigenvalue weighted by Crippen LogP contribution is 2.60. The highest BCUT2D eigenvalue weighted by Gasteiger charge is 2.55. The molecule has 0 bridgehead atoms. The predicted octanol–water partition coefficient (Wildman–Crippen LogP) is 3.68. The van der Waals surface area contributed by atoms with Gasteiger partial charge in [-0.15, -0.1) is 9.32 Å². The summed E-state index contributed by atoms with van der Waals surface area (Å²) in [5.74, 6) is 7.20. The fraction of sp³-hybridized carbons (Fsp3) is 0.600. The van der Waals surface area contributed by atoms with Crippen molar-refractivity contribution in [1.82, 2.24) is 15.5 Å². The molecule has 1 aromatic carbocycles. The topological polar surface area (TPSA) is 121 Å². The molecule has 1 amide bonds. The number of nitrogens with zero attached hydrogens (tertiary/aromatic N) is 1. The van der Waals surface area contributed by atoms with Gasteiger partial charge >= 0.3 is 0 Å². The number of amides is 1. The largest absolute Gasteiger partial charge is 0.398 e. The number of hydrogen-bond donors (Lipinski definition) is 3. The molecule has 5 rings (SSSR count). The molecule has 4 atom stereocenters. The summed E-state index contributed by atoms with van der Waals surface area (Å²) in [6.45, 7) is 5.47. The van der Waals surface area contributed by atoms with Gasteiger partial charge in [0.15, 0.2) is 5.69 Å². The highest BCUT2D eigenvalue weighted by molar-refractivity contribution is 7.90. The molecule has 1 saturated carbocycles. The van der Waals surface area contributed by atoms with Crippen LogP contribution in [0.5, 0.6) is 5.75 Å². The van der Waals surface area contributed by atoms with E-state index >= 15 is 0 Å². The molecule has 3 unspecified atom stereocenters. The monoisotopic (exact) mass is 502 g/mol. The van der Waals surface area contributed by atoms with Gasteiger partial charge < -0.3 is 14.2 Å². The molecular formula is C25H34N4O5S. The van der Waals surface area contributed by atoms with Crippen molar-refractivity contribution in [1.29, 1.82) is 0 Å². The summed E-state index contributed by atoms with van der Waals surface area (Å²) in [5.41, 5.74) is 6.82. The van der Waals surface area contributed by atoms with E-state index in [4.69, 9.17) is 14.8 Å². The molecule has 0 spiro atoms. The third-order valence-electron chi connectivity index (χ3n) is 8.54. The molecule has 0 radical (unpaired) electrons. The van der Waals surface area contributed by atoms with E-state index in [0.717, 1.165) is 67.7 Å². The fourth-order valence-electron chi connectivity index (χ4n) is 6.87. The number of aromatic nitrogens is 2. The molecule has 10 heteroatoms. The van der Waals surface area contributed by atoms with E-state index in [1.165, 1.54) is 16.8 Å². The molecule has 0 aliphatic heterocycles. The molecule has 3 aliphatic rings. The SMILES string of the molecule is CCc1cc2c(cc1OSOON)CCC1C2CC[C@]2(C)c3[nH]nc(C(=O)NCCOC)c3CC12. The number of hydrogen-bond acceptors (Lipinski definition) is 8. The molecule has 1 fully saturated rings. The van der Waals surface area contributed by atoms with Crippen LogP contribution in [0.3, 0.4) is 0 Å². The lowest BCUT2D eigenvalue weighted by atomic mass is 9.55. The number of aromatic amines is 1. The van der Waals surface area contributed by atoms with Crippen molar-refractivity contribution in [3.8, 4) is 5.75 Å². The maximum Gasteiger partial charge on any atom is 0.272 e. The number of nitrogens with two attached hydrogens (primary N) is 1. The molecule has 2 aromatic rings.